The van der Waals surface area contributed by atoms with Crippen molar-refractivity contribution >= 4 is 11.8 Å². The van der Waals surface area contributed by atoms with Gasteiger partial charge >= 0.3 is 0 Å². The molecule has 0 bridgehead atoms. The maximum atomic E-state index is 11.6. The van der Waals surface area contributed by atoms with Crippen LogP contribution in [0.5, 0.6) is 0 Å². The van der Waals surface area contributed by atoms with Crippen molar-refractivity contribution in [3.63, 3.8) is 0 Å². The number of hydrogen-bond donors (Lipinski definition) is 0. The average Bonchev–Trinajstić information content (AvgIpc) is 2.51. The van der Waals surface area contributed by atoms with Crippen LogP contribution in [0.3, 0.4) is 0 Å². The second-order valence-corrected chi connectivity index (χ2v) is 2.89. The Morgan fingerprint density at radius 3 is 2.13 bits per heavy atom. The summed E-state index contributed by atoms with van der Waals surface area (Å²) in [7, 11) is 0. The summed E-state index contributed by atoms with van der Waals surface area (Å²) >= 11 is 0. The van der Waals surface area contributed by atoms with Crippen LogP contribution in [0.25, 0.3) is 0 Å². The van der Waals surface area contributed by atoms with Crippen molar-refractivity contribution < 1.29 is 14.4 Å². The second-order valence-electron chi connectivity index (χ2n) is 2.89. The Kier molecular flexibility index (Phi) is 2.14. The van der Waals surface area contributed by atoms with E-state index >= 15 is 0 Å². The molecule has 15 heavy (non-hydrogen) atoms. The molecule has 0 aliphatic carbocycles. The summed E-state index contributed by atoms with van der Waals surface area (Å²) in [6.07, 6.45) is 2.22. The van der Waals surface area contributed by atoms with Crippen molar-refractivity contribution in [1.82, 2.24) is 5.06 Å². The highest BCUT2D eigenvalue weighted by molar-refractivity contribution is 6.20. The standard InChI is InChI=1S/C11H7NO3/c1-2-7-15-12-10(13)8-5-3-4-6-9(8)11(12)14/h3-6H,1H3. The maximum absolute atomic E-state index is 11.6. The molecule has 0 saturated heterocycles. The number of rotatable bonds is 1. The van der Waals surface area contributed by atoms with E-state index < -0.39 is 11.8 Å². The zero-order valence-electron chi connectivity index (χ0n) is 7.98. The zero-order valence-corrected chi connectivity index (χ0v) is 7.98. The molecule has 74 valence electrons. The minimum Gasteiger partial charge on any atom is -0.315 e. The highest BCUT2D eigenvalue weighted by Gasteiger charge is 2.37. The molecule has 4 heteroatoms. The van der Waals surface area contributed by atoms with E-state index in [2.05, 4.69) is 12.0 Å². The fourth-order valence-corrected chi connectivity index (χ4v) is 1.34. The van der Waals surface area contributed by atoms with E-state index in [1.165, 1.54) is 0 Å². The lowest BCUT2D eigenvalue weighted by atomic mass is 10.1. The lowest BCUT2D eigenvalue weighted by Gasteiger charge is -2.07. The highest BCUT2D eigenvalue weighted by Crippen LogP contribution is 2.22. The molecular formula is C11H7NO3. The average molecular weight is 201 g/mol. The van der Waals surface area contributed by atoms with E-state index in [0.717, 1.165) is 0 Å². The van der Waals surface area contributed by atoms with Gasteiger partial charge in [-0.05, 0) is 12.1 Å². The van der Waals surface area contributed by atoms with Crippen LogP contribution in [0, 0.1) is 12.0 Å². The van der Waals surface area contributed by atoms with E-state index in [9.17, 15) is 9.59 Å². The fourth-order valence-electron chi connectivity index (χ4n) is 1.34. The largest absolute Gasteiger partial charge is 0.315 e. The summed E-state index contributed by atoms with van der Waals surface area (Å²) in [6.45, 7) is 1.55. The molecule has 1 heterocycles. The van der Waals surface area contributed by atoms with Gasteiger partial charge in [-0.25, -0.2) is 0 Å². The van der Waals surface area contributed by atoms with Crippen molar-refractivity contribution in [2.75, 3.05) is 0 Å². The zero-order chi connectivity index (χ0) is 10.8. The van der Waals surface area contributed by atoms with Crippen molar-refractivity contribution in [2.24, 2.45) is 0 Å². The number of benzene rings is 1. The minimum atomic E-state index is -0.474. The van der Waals surface area contributed by atoms with Crippen LogP contribution in [-0.4, -0.2) is 16.9 Å². The third-order valence-electron chi connectivity index (χ3n) is 2.00. The summed E-state index contributed by atoms with van der Waals surface area (Å²) in [5.41, 5.74) is 0.695. The summed E-state index contributed by atoms with van der Waals surface area (Å²) < 4.78 is 0. The van der Waals surface area contributed by atoms with Crippen LogP contribution in [-0.2, 0) is 4.84 Å². The van der Waals surface area contributed by atoms with Crippen LogP contribution < -0.4 is 0 Å². The van der Waals surface area contributed by atoms with Gasteiger partial charge in [0.05, 0.1) is 11.1 Å². The van der Waals surface area contributed by atoms with Gasteiger partial charge in [-0.2, -0.15) is 0 Å². The molecule has 1 aromatic rings. The summed E-state index contributed by atoms with van der Waals surface area (Å²) in [5.74, 6) is 1.50. The third kappa shape index (κ3) is 1.34. The van der Waals surface area contributed by atoms with Gasteiger partial charge in [0.1, 0.15) is 6.11 Å². The molecule has 4 nitrogen and oxygen atoms in total. The van der Waals surface area contributed by atoms with Crippen molar-refractivity contribution in [3.05, 3.63) is 35.4 Å². The van der Waals surface area contributed by atoms with E-state index in [-0.39, 0.29) is 0 Å². The smallest absolute Gasteiger partial charge is 0.296 e. The highest BCUT2D eigenvalue weighted by atomic mass is 16.7. The monoisotopic (exact) mass is 201 g/mol. The van der Waals surface area contributed by atoms with Crippen molar-refractivity contribution in [1.29, 1.82) is 0 Å². The number of hydroxylamine groups is 2. The molecular weight excluding hydrogens is 194 g/mol. The number of carbonyl (C=O) groups excluding carboxylic acids is 2. The normalized spacial score (nSPS) is 13.3. The minimum absolute atomic E-state index is 0.348. The molecule has 1 aromatic carbocycles. The molecule has 2 rings (SSSR count). The molecule has 0 radical (unpaired) electrons. The maximum Gasteiger partial charge on any atom is 0.296 e. The predicted octanol–water partition coefficient (Wildman–Crippen LogP) is 1.20. The molecule has 0 atom stereocenters. The van der Waals surface area contributed by atoms with Gasteiger partial charge in [0, 0.05) is 6.92 Å². The summed E-state index contributed by atoms with van der Waals surface area (Å²) in [4.78, 5) is 28.0. The van der Waals surface area contributed by atoms with Crippen LogP contribution in [0.1, 0.15) is 27.6 Å². The number of nitrogens with zero attached hydrogens (tertiary/aromatic N) is 1. The van der Waals surface area contributed by atoms with Crippen LogP contribution in [0.4, 0.5) is 0 Å². The molecule has 0 saturated carbocycles. The van der Waals surface area contributed by atoms with Crippen molar-refractivity contribution in [3.8, 4) is 12.0 Å². The van der Waals surface area contributed by atoms with E-state index in [4.69, 9.17) is 4.84 Å². The van der Waals surface area contributed by atoms with Crippen LogP contribution in [0.15, 0.2) is 24.3 Å². The lowest BCUT2D eigenvalue weighted by Crippen LogP contribution is -2.28. The second kappa shape index (κ2) is 3.46. The Morgan fingerprint density at radius 1 is 1.13 bits per heavy atom. The Morgan fingerprint density at radius 2 is 1.67 bits per heavy atom. The Labute approximate surface area is 86.4 Å². The van der Waals surface area contributed by atoms with Gasteiger partial charge < -0.3 is 4.84 Å². The Hall–Kier alpha value is -2.28. The summed E-state index contributed by atoms with van der Waals surface area (Å²) in [5, 5.41) is 0.668. The topological polar surface area (TPSA) is 46.6 Å². The molecule has 0 aromatic heterocycles. The van der Waals surface area contributed by atoms with E-state index in [1.54, 1.807) is 31.2 Å². The van der Waals surface area contributed by atoms with Gasteiger partial charge in [-0.3, -0.25) is 9.59 Å². The first-order chi connectivity index (χ1) is 7.25. The molecule has 0 spiro atoms. The molecule has 1 aliphatic heterocycles. The fraction of sp³-hybridized carbons (Fsp3) is 0.0909. The number of hydrogen-bond acceptors (Lipinski definition) is 3. The first-order valence-electron chi connectivity index (χ1n) is 4.32. The van der Waals surface area contributed by atoms with Gasteiger partial charge in [-0.15, -0.1) is 0 Å². The van der Waals surface area contributed by atoms with Crippen molar-refractivity contribution in [2.45, 2.75) is 6.92 Å². The molecule has 1 aliphatic rings. The molecule has 2 amide bonds. The number of amides is 2. The first kappa shape index (κ1) is 9.28. The van der Waals surface area contributed by atoms with Gasteiger partial charge in [-0.1, -0.05) is 23.1 Å². The van der Waals surface area contributed by atoms with Crippen LogP contribution >= 0.6 is 0 Å². The molecule has 0 unspecified atom stereocenters. The number of imide groups is 1. The van der Waals surface area contributed by atoms with Crippen LogP contribution in [0.2, 0.25) is 0 Å². The third-order valence-corrected chi connectivity index (χ3v) is 2.00. The van der Waals surface area contributed by atoms with E-state index in [1.807, 2.05) is 0 Å². The first-order valence-corrected chi connectivity index (χ1v) is 4.32. The Bertz CT molecular complexity index is 461. The quantitative estimate of drug-likeness (QED) is 0.506. The predicted molar refractivity (Wildman–Crippen MR) is 51.5 cm³/mol. The molecule has 0 fully saturated rings. The Balaban J connectivity index is 2.39. The number of carbonyl (C=O) groups is 2. The van der Waals surface area contributed by atoms with Gasteiger partial charge in [0.15, 0.2) is 0 Å². The number of fused-ring (bicyclic) bond motifs is 1. The summed E-state index contributed by atoms with van der Waals surface area (Å²) in [6, 6.07) is 6.55. The SMILES string of the molecule is CC#CON1C(=O)c2ccccc2C1=O. The molecule has 0 N–H and O–H groups in total. The van der Waals surface area contributed by atoms with Gasteiger partial charge in [0.25, 0.3) is 11.8 Å². The van der Waals surface area contributed by atoms with E-state index in [0.29, 0.717) is 16.2 Å². The lowest BCUT2D eigenvalue weighted by molar-refractivity contribution is -0.0324. The van der Waals surface area contributed by atoms with Gasteiger partial charge in [0.2, 0.25) is 0 Å².